The summed E-state index contributed by atoms with van der Waals surface area (Å²) < 4.78 is 30.0. The van der Waals surface area contributed by atoms with Crippen molar-refractivity contribution in [3.8, 4) is 0 Å². The van der Waals surface area contributed by atoms with Gasteiger partial charge in [-0.25, -0.2) is 0 Å². The summed E-state index contributed by atoms with van der Waals surface area (Å²) in [5.41, 5.74) is 0.146. The molecule has 0 amide bonds. The van der Waals surface area contributed by atoms with Crippen LogP contribution in [-0.2, 0) is 57.6 Å². The summed E-state index contributed by atoms with van der Waals surface area (Å²) >= 11 is 0. The Balaban J connectivity index is -0.0000000954. The van der Waals surface area contributed by atoms with Crippen molar-refractivity contribution in [2.24, 2.45) is 5.41 Å². The van der Waals surface area contributed by atoms with Gasteiger partial charge in [-0.15, -0.1) is 0 Å². The van der Waals surface area contributed by atoms with E-state index in [1.165, 1.54) is 11.8 Å². The van der Waals surface area contributed by atoms with Crippen molar-refractivity contribution in [1.29, 1.82) is 0 Å². The molecule has 0 aromatic heterocycles. The van der Waals surface area contributed by atoms with E-state index in [-0.39, 0.29) is 44.4 Å². The third-order valence-corrected chi connectivity index (χ3v) is 2.77. The molecule has 0 aliphatic heterocycles. The Morgan fingerprint density at radius 2 is 0.739 bits per heavy atom. The molecule has 0 saturated heterocycles. The van der Waals surface area contributed by atoms with Crippen LogP contribution in [0.25, 0.3) is 0 Å². The summed E-state index contributed by atoms with van der Waals surface area (Å²) in [5, 5.41) is 0. The molecule has 0 aromatic rings. The van der Waals surface area contributed by atoms with Gasteiger partial charge in [-0.1, -0.05) is 13.8 Å². The molecule has 0 bridgehead atoms. The van der Waals surface area contributed by atoms with Crippen LogP contribution in [0.2, 0.25) is 0 Å². The van der Waals surface area contributed by atoms with Crippen LogP contribution in [0.5, 0.6) is 0 Å². The molecule has 2 rings (SSSR count). The minimum atomic E-state index is 0. The van der Waals surface area contributed by atoms with Crippen LogP contribution in [0.15, 0.2) is 0 Å². The first kappa shape index (κ1) is 34.5. The van der Waals surface area contributed by atoms with Crippen LogP contribution in [0, 0.1) is 95.2 Å². The van der Waals surface area contributed by atoms with E-state index in [2.05, 4.69) is 91.8 Å². The van der Waals surface area contributed by atoms with Gasteiger partial charge in [-0.2, -0.15) is 0 Å². The standard InChI is InChI=1S/C13H14.4CO.2Ru/c1-13(2,11-7-3-4-8-11)12-9-5-6-10-12;4*1-2;;/h3-10H,1-2H3;;;;;;/q;;;;;2*+1. The molecule has 0 N–H and O–H groups in total. The van der Waals surface area contributed by atoms with E-state index in [1.807, 2.05) is 0 Å². The Bertz CT molecular complexity index is 268. The molecule has 120 valence electrons. The van der Waals surface area contributed by atoms with Gasteiger partial charge in [0.25, 0.3) is 0 Å². The largest absolute Gasteiger partial charge is 1.00 e. The van der Waals surface area contributed by atoms with Crippen LogP contribution in [0.3, 0.4) is 0 Å². The van der Waals surface area contributed by atoms with Gasteiger partial charge in [0.05, 0.1) is 0 Å². The molecule has 0 atom stereocenters. The minimum absolute atomic E-state index is 0. The fourth-order valence-corrected chi connectivity index (χ4v) is 1.75. The maximum Gasteiger partial charge on any atom is 1.00 e. The molecule has 0 spiro atoms. The van der Waals surface area contributed by atoms with Gasteiger partial charge >= 0.3 is 84.2 Å². The second-order valence-electron chi connectivity index (χ2n) is 3.97. The third kappa shape index (κ3) is 13.2. The summed E-state index contributed by atoms with van der Waals surface area (Å²) in [6.45, 7) is 22.5. The maximum absolute atomic E-state index is 7.50. The molecule has 0 unspecified atom stereocenters. The van der Waals surface area contributed by atoms with Gasteiger partial charge in [-0.3, -0.25) is 0 Å². The SMILES string of the molecule is CC(C)([C]1[CH][CH][CH][CH]1)[C]1[CH][CH][CH][CH]1.[C-]#[O+].[C-]#[O+].[C-]#[O+].[C-]#[O+].[Ru+].[Ru+]. The van der Waals surface area contributed by atoms with E-state index < -0.39 is 0 Å². The van der Waals surface area contributed by atoms with Crippen molar-refractivity contribution in [3.63, 3.8) is 0 Å². The monoisotopic (exact) mass is 486 g/mol. The molecule has 12 radical (unpaired) electrons. The van der Waals surface area contributed by atoms with Crippen molar-refractivity contribution in [1.82, 2.24) is 0 Å². The molecule has 2 saturated carbocycles. The Morgan fingerprint density at radius 1 is 0.565 bits per heavy atom. The molecule has 0 heterocycles. The van der Waals surface area contributed by atoms with Crippen molar-refractivity contribution in [3.05, 3.63) is 89.8 Å². The molecular weight excluding hydrogens is 470 g/mol. The maximum atomic E-state index is 7.50. The molecule has 2 aliphatic rings. The summed E-state index contributed by atoms with van der Waals surface area (Å²) in [6.07, 6.45) is 17.1. The second kappa shape index (κ2) is 24.5. The van der Waals surface area contributed by atoms with Gasteiger partial charge in [-0.05, 0) is 68.6 Å². The molecule has 4 nitrogen and oxygen atoms in total. The van der Waals surface area contributed by atoms with Crippen molar-refractivity contribution in [2.75, 3.05) is 0 Å². The molecule has 23 heavy (non-hydrogen) atoms. The van der Waals surface area contributed by atoms with Crippen molar-refractivity contribution < 1.29 is 57.6 Å². The quantitative estimate of drug-likeness (QED) is 0.328. The average Bonchev–Trinajstić information content (AvgIpc) is 3.29. The summed E-state index contributed by atoms with van der Waals surface area (Å²) in [5.74, 6) is 2.78. The van der Waals surface area contributed by atoms with Gasteiger partial charge in [0.2, 0.25) is 0 Å². The molecular formula is C17H14O4Ru2+2. The van der Waals surface area contributed by atoms with E-state index in [9.17, 15) is 0 Å². The van der Waals surface area contributed by atoms with E-state index in [4.69, 9.17) is 18.6 Å². The first-order chi connectivity index (χ1) is 10.2. The van der Waals surface area contributed by atoms with Gasteiger partial charge in [0.15, 0.2) is 0 Å². The van der Waals surface area contributed by atoms with Crippen LogP contribution in [-0.4, -0.2) is 0 Å². The molecule has 6 heteroatoms. The summed E-state index contributed by atoms with van der Waals surface area (Å²) in [6, 6.07) is 0. The van der Waals surface area contributed by atoms with Crippen LogP contribution >= 0.6 is 0 Å². The first-order valence-corrected chi connectivity index (χ1v) is 5.47. The molecule has 2 aliphatic carbocycles. The van der Waals surface area contributed by atoms with E-state index in [0.29, 0.717) is 0 Å². The number of hydrogen-bond acceptors (Lipinski definition) is 0. The predicted octanol–water partition coefficient (Wildman–Crippen LogP) is 2.67. The molecule has 0 aromatic carbocycles. The Hall–Kier alpha value is 0.207. The smallest absolute Gasteiger partial charge is 1.00 e. The Morgan fingerprint density at radius 3 is 0.913 bits per heavy atom. The summed E-state index contributed by atoms with van der Waals surface area (Å²) in [4.78, 5) is 0. The van der Waals surface area contributed by atoms with E-state index >= 15 is 0 Å². The van der Waals surface area contributed by atoms with Crippen LogP contribution < -0.4 is 0 Å². The molecule has 2 fully saturated rings. The minimum Gasteiger partial charge on any atom is 1.00 e. The fourth-order valence-electron chi connectivity index (χ4n) is 1.75. The van der Waals surface area contributed by atoms with Crippen molar-refractivity contribution in [2.45, 2.75) is 13.8 Å². The fraction of sp³-hybridized carbons (Fsp3) is 0.176. The summed E-state index contributed by atoms with van der Waals surface area (Å²) in [7, 11) is 0. The van der Waals surface area contributed by atoms with Gasteiger partial charge in [0, 0.05) is 0 Å². The Kier molecular flexibility index (Phi) is 36.7. The van der Waals surface area contributed by atoms with Gasteiger partial charge < -0.3 is 0 Å². The van der Waals surface area contributed by atoms with Crippen molar-refractivity contribution >= 4 is 0 Å². The third-order valence-electron chi connectivity index (χ3n) is 2.77. The number of rotatable bonds is 2. The second-order valence-corrected chi connectivity index (χ2v) is 3.97. The van der Waals surface area contributed by atoms with Gasteiger partial charge in [0.1, 0.15) is 0 Å². The zero-order chi connectivity index (χ0) is 17.3. The zero-order valence-electron chi connectivity index (χ0n) is 12.5. The average molecular weight is 484 g/mol. The number of hydrogen-bond donors (Lipinski definition) is 0. The van der Waals surface area contributed by atoms with Crippen LogP contribution in [0.1, 0.15) is 13.8 Å². The zero-order valence-corrected chi connectivity index (χ0v) is 15.9. The first-order valence-electron chi connectivity index (χ1n) is 5.47. The topological polar surface area (TPSA) is 79.6 Å². The Labute approximate surface area is 166 Å². The normalized spacial score (nSPS) is 15.7. The van der Waals surface area contributed by atoms with E-state index in [1.54, 1.807) is 0 Å². The van der Waals surface area contributed by atoms with E-state index in [0.717, 1.165) is 0 Å². The van der Waals surface area contributed by atoms with Crippen LogP contribution in [0.4, 0.5) is 0 Å². The predicted molar refractivity (Wildman–Crippen MR) is 70.4 cm³/mol.